The number of carbonyl (C=O) groups excluding carboxylic acids is 1. The van der Waals surface area contributed by atoms with Crippen LogP contribution in [0.4, 0.5) is 4.79 Å². The van der Waals surface area contributed by atoms with Crippen molar-refractivity contribution in [3.63, 3.8) is 0 Å². The predicted octanol–water partition coefficient (Wildman–Crippen LogP) is 1.66. The quantitative estimate of drug-likeness (QED) is 0.691. The van der Waals surface area contributed by atoms with E-state index in [1.807, 2.05) is 0 Å². The summed E-state index contributed by atoms with van der Waals surface area (Å²) in [6.07, 6.45) is 5.72. The molecule has 2 heterocycles. The Morgan fingerprint density at radius 3 is 2.58 bits per heavy atom. The molecule has 19 heavy (non-hydrogen) atoms. The summed E-state index contributed by atoms with van der Waals surface area (Å²) in [6.45, 7) is 2.39. The molecular weight excluding hydrogens is 246 g/mol. The lowest BCUT2D eigenvalue weighted by molar-refractivity contribution is 0.0169. The van der Waals surface area contributed by atoms with Gasteiger partial charge in [0, 0.05) is 0 Å². The van der Waals surface area contributed by atoms with Crippen molar-refractivity contribution >= 4 is 6.09 Å². The summed E-state index contributed by atoms with van der Waals surface area (Å²) in [7, 11) is 0. The topological polar surface area (TPSA) is 70.0 Å². The average Bonchev–Trinajstić information content (AvgIpc) is 2.88. The van der Waals surface area contributed by atoms with E-state index in [2.05, 4.69) is 6.92 Å². The normalized spacial score (nSPS) is 33.6. The average molecular weight is 271 g/mol. The number of amides is 1. The van der Waals surface area contributed by atoms with E-state index >= 15 is 0 Å². The fraction of sp³-hybridized carbons (Fsp3) is 0.929. The zero-order valence-electron chi connectivity index (χ0n) is 11.6. The van der Waals surface area contributed by atoms with Crippen LogP contribution in [-0.4, -0.2) is 52.1 Å². The summed E-state index contributed by atoms with van der Waals surface area (Å²) in [5.74, 6) is 0. The number of ether oxygens (including phenoxy) is 1. The van der Waals surface area contributed by atoms with Crippen LogP contribution in [0, 0.1) is 0 Å². The van der Waals surface area contributed by atoms with Gasteiger partial charge in [0.25, 0.3) is 0 Å². The molecule has 4 atom stereocenters. The Balaban J connectivity index is 1.77. The first-order chi connectivity index (χ1) is 9.16. The lowest BCUT2D eigenvalue weighted by Gasteiger charge is -2.22. The SMILES string of the molecule is CCCCCCCC[C@H]1[C@H](O)[C@@H](O)[C@@H]2COC(=O)N12. The molecule has 2 saturated heterocycles. The molecular formula is C14H25NO4. The van der Waals surface area contributed by atoms with Crippen molar-refractivity contribution in [1.29, 1.82) is 0 Å². The van der Waals surface area contributed by atoms with Crippen LogP contribution in [0.3, 0.4) is 0 Å². The summed E-state index contributed by atoms with van der Waals surface area (Å²) in [4.78, 5) is 13.2. The molecule has 110 valence electrons. The van der Waals surface area contributed by atoms with Crippen molar-refractivity contribution < 1.29 is 19.7 Å². The fourth-order valence-corrected chi connectivity index (χ4v) is 3.15. The Hall–Kier alpha value is -0.810. The van der Waals surface area contributed by atoms with Crippen LogP contribution in [0.15, 0.2) is 0 Å². The summed E-state index contributed by atoms with van der Waals surface area (Å²) in [5, 5.41) is 19.9. The molecule has 2 aliphatic rings. The number of hydrogen-bond donors (Lipinski definition) is 2. The van der Waals surface area contributed by atoms with Gasteiger partial charge in [0.15, 0.2) is 0 Å². The number of nitrogens with zero attached hydrogens (tertiary/aromatic N) is 1. The van der Waals surface area contributed by atoms with Gasteiger partial charge < -0.3 is 14.9 Å². The summed E-state index contributed by atoms with van der Waals surface area (Å²) < 4.78 is 4.94. The molecule has 0 unspecified atom stereocenters. The highest BCUT2D eigenvalue weighted by Crippen LogP contribution is 2.33. The van der Waals surface area contributed by atoms with Gasteiger partial charge in [-0.25, -0.2) is 4.79 Å². The second-order valence-electron chi connectivity index (χ2n) is 5.66. The summed E-state index contributed by atoms with van der Waals surface area (Å²) >= 11 is 0. The molecule has 0 aliphatic carbocycles. The molecule has 2 rings (SSSR count). The highest BCUT2D eigenvalue weighted by atomic mass is 16.6. The highest BCUT2D eigenvalue weighted by molar-refractivity contribution is 5.71. The van der Waals surface area contributed by atoms with Gasteiger partial charge in [-0.3, -0.25) is 4.90 Å². The molecule has 5 heteroatoms. The Kier molecular flexibility index (Phi) is 5.05. The van der Waals surface area contributed by atoms with E-state index in [1.54, 1.807) is 4.90 Å². The maximum absolute atomic E-state index is 11.6. The van der Waals surface area contributed by atoms with E-state index in [0.29, 0.717) is 0 Å². The van der Waals surface area contributed by atoms with Gasteiger partial charge >= 0.3 is 6.09 Å². The van der Waals surface area contributed by atoms with E-state index < -0.39 is 18.3 Å². The molecule has 1 amide bonds. The third-order valence-electron chi connectivity index (χ3n) is 4.29. The van der Waals surface area contributed by atoms with Crippen molar-refractivity contribution in [2.24, 2.45) is 0 Å². The van der Waals surface area contributed by atoms with E-state index in [4.69, 9.17) is 4.74 Å². The molecule has 0 saturated carbocycles. The third-order valence-corrected chi connectivity index (χ3v) is 4.29. The number of carbonyl (C=O) groups is 1. The molecule has 2 N–H and O–H groups in total. The first kappa shape index (κ1) is 14.6. The molecule has 0 bridgehead atoms. The maximum atomic E-state index is 11.6. The monoisotopic (exact) mass is 271 g/mol. The van der Waals surface area contributed by atoms with Gasteiger partial charge in [-0.05, 0) is 6.42 Å². The lowest BCUT2D eigenvalue weighted by atomic mass is 10.0. The smallest absolute Gasteiger partial charge is 0.410 e. The summed E-state index contributed by atoms with van der Waals surface area (Å²) in [6, 6.07) is -0.631. The molecule has 2 fully saturated rings. The van der Waals surface area contributed by atoms with Crippen LogP contribution >= 0.6 is 0 Å². The Morgan fingerprint density at radius 2 is 1.84 bits per heavy atom. The summed E-state index contributed by atoms with van der Waals surface area (Å²) in [5.41, 5.74) is 0. The predicted molar refractivity (Wildman–Crippen MR) is 70.8 cm³/mol. The van der Waals surface area contributed by atoms with E-state index in [1.165, 1.54) is 25.7 Å². The van der Waals surface area contributed by atoms with Gasteiger partial charge in [-0.1, -0.05) is 45.4 Å². The molecule has 2 aliphatic heterocycles. The van der Waals surface area contributed by atoms with Crippen molar-refractivity contribution in [2.75, 3.05) is 6.61 Å². The number of cyclic esters (lactones) is 1. The molecule has 0 spiro atoms. The van der Waals surface area contributed by atoms with E-state index in [9.17, 15) is 15.0 Å². The molecule has 0 radical (unpaired) electrons. The molecule has 0 aromatic heterocycles. The number of rotatable bonds is 7. The van der Waals surface area contributed by atoms with Crippen molar-refractivity contribution in [1.82, 2.24) is 4.90 Å². The Bertz CT molecular complexity index is 310. The first-order valence-electron chi connectivity index (χ1n) is 7.48. The van der Waals surface area contributed by atoms with E-state index in [-0.39, 0.29) is 18.7 Å². The highest BCUT2D eigenvalue weighted by Gasteiger charge is 2.53. The van der Waals surface area contributed by atoms with Crippen LogP contribution in [0.2, 0.25) is 0 Å². The van der Waals surface area contributed by atoms with Gasteiger partial charge in [-0.15, -0.1) is 0 Å². The van der Waals surface area contributed by atoms with Gasteiger partial charge in [-0.2, -0.15) is 0 Å². The number of hydrogen-bond acceptors (Lipinski definition) is 4. The Morgan fingerprint density at radius 1 is 1.16 bits per heavy atom. The van der Waals surface area contributed by atoms with Crippen LogP contribution in [0.1, 0.15) is 51.9 Å². The third kappa shape index (κ3) is 3.03. The van der Waals surface area contributed by atoms with Crippen molar-refractivity contribution in [3.05, 3.63) is 0 Å². The minimum atomic E-state index is -0.864. The molecule has 0 aromatic rings. The minimum absolute atomic E-state index is 0.198. The maximum Gasteiger partial charge on any atom is 0.410 e. The Labute approximate surface area is 114 Å². The minimum Gasteiger partial charge on any atom is -0.447 e. The van der Waals surface area contributed by atoms with Gasteiger partial charge in [0.2, 0.25) is 0 Å². The zero-order chi connectivity index (χ0) is 13.8. The number of unbranched alkanes of at least 4 members (excludes halogenated alkanes) is 5. The van der Waals surface area contributed by atoms with Crippen LogP contribution in [0.25, 0.3) is 0 Å². The van der Waals surface area contributed by atoms with Crippen molar-refractivity contribution in [3.8, 4) is 0 Å². The lowest BCUT2D eigenvalue weighted by Crippen LogP contribution is -2.38. The number of aliphatic hydroxyl groups is 2. The van der Waals surface area contributed by atoms with Crippen LogP contribution < -0.4 is 0 Å². The largest absolute Gasteiger partial charge is 0.447 e. The second-order valence-corrected chi connectivity index (χ2v) is 5.66. The second kappa shape index (κ2) is 6.57. The van der Waals surface area contributed by atoms with Gasteiger partial charge in [0.05, 0.1) is 12.1 Å². The fourth-order valence-electron chi connectivity index (χ4n) is 3.15. The first-order valence-corrected chi connectivity index (χ1v) is 7.48. The van der Waals surface area contributed by atoms with Crippen LogP contribution in [0.5, 0.6) is 0 Å². The molecule has 5 nitrogen and oxygen atoms in total. The standard InChI is InChI=1S/C14H25NO4/c1-2-3-4-5-6-7-8-10-12(16)13(17)11-9-19-14(18)15(10)11/h10-13,16-17H,2-9H2,1H3/t10-,11-,12-,13-/m0/s1. The molecule has 0 aromatic carbocycles. The van der Waals surface area contributed by atoms with Crippen molar-refractivity contribution in [2.45, 2.75) is 76.2 Å². The number of fused-ring (bicyclic) bond motifs is 1. The van der Waals surface area contributed by atoms with E-state index in [0.717, 1.165) is 19.3 Å². The van der Waals surface area contributed by atoms with Crippen LogP contribution in [-0.2, 0) is 4.74 Å². The zero-order valence-corrected chi connectivity index (χ0v) is 11.6. The number of aliphatic hydroxyl groups excluding tert-OH is 2. The van der Waals surface area contributed by atoms with Gasteiger partial charge in [0.1, 0.15) is 18.8 Å².